The highest BCUT2D eigenvalue weighted by atomic mass is 35.5. The molecule has 0 radical (unpaired) electrons. The first kappa shape index (κ1) is 11.6. The molecular weight excluding hydrogens is 241 g/mol. The van der Waals surface area contributed by atoms with E-state index < -0.39 is 0 Å². The van der Waals surface area contributed by atoms with Gasteiger partial charge >= 0.3 is 0 Å². The zero-order chi connectivity index (χ0) is 11.8. The number of aromatic nitrogens is 1. The molecule has 0 fully saturated rings. The van der Waals surface area contributed by atoms with Gasteiger partial charge < -0.3 is 4.52 Å². The molecule has 0 aliphatic carbocycles. The van der Waals surface area contributed by atoms with E-state index in [1.807, 2.05) is 24.3 Å². The molecule has 0 N–H and O–H groups in total. The van der Waals surface area contributed by atoms with Gasteiger partial charge in [-0.1, -0.05) is 49.7 Å². The van der Waals surface area contributed by atoms with Gasteiger partial charge in [0.1, 0.15) is 5.43 Å². The number of rotatable bonds is 1. The predicted octanol–water partition coefficient (Wildman–Crippen LogP) is 4.87. The van der Waals surface area contributed by atoms with Crippen molar-refractivity contribution in [3.05, 3.63) is 34.8 Å². The zero-order valence-electron chi connectivity index (χ0n) is 9.49. The highest BCUT2D eigenvalue weighted by molar-refractivity contribution is 7.34. The van der Waals surface area contributed by atoms with E-state index in [0.717, 1.165) is 29.7 Å². The molecule has 0 aliphatic heterocycles. The second-order valence-corrected chi connectivity index (χ2v) is 6.17. The maximum absolute atomic E-state index is 5.84. The molecule has 2 rings (SSSR count). The van der Waals surface area contributed by atoms with E-state index in [1.165, 1.54) is 0 Å². The summed E-state index contributed by atoms with van der Waals surface area (Å²) in [6.45, 7) is 6.36. The summed E-state index contributed by atoms with van der Waals surface area (Å²) >= 11 is 5.84. The highest BCUT2D eigenvalue weighted by Gasteiger charge is 2.20. The van der Waals surface area contributed by atoms with Gasteiger partial charge in [-0.25, -0.2) is 0 Å². The van der Waals surface area contributed by atoms with Crippen LogP contribution in [-0.2, 0) is 5.41 Å². The maximum atomic E-state index is 5.84. The largest absolute Gasteiger partial charge is 0.355 e. The summed E-state index contributed by atoms with van der Waals surface area (Å²) in [5.41, 5.74) is 3.02. The van der Waals surface area contributed by atoms with E-state index in [0.29, 0.717) is 0 Å². The van der Waals surface area contributed by atoms with Crippen LogP contribution < -0.4 is 0 Å². The van der Waals surface area contributed by atoms with Crippen LogP contribution in [0.1, 0.15) is 26.3 Å². The molecule has 16 heavy (non-hydrogen) atoms. The van der Waals surface area contributed by atoms with Crippen molar-refractivity contribution in [2.45, 2.75) is 26.2 Å². The lowest BCUT2D eigenvalue weighted by Crippen LogP contribution is -2.07. The lowest BCUT2D eigenvalue weighted by molar-refractivity contribution is 0.337. The van der Waals surface area contributed by atoms with Crippen LogP contribution >= 0.6 is 19.8 Å². The van der Waals surface area contributed by atoms with Crippen molar-refractivity contribution < 1.29 is 4.52 Å². The number of halogens is 1. The van der Waals surface area contributed by atoms with Crippen molar-refractivity contribution >= 4 is 19.8 Å². The van der Waals surface area contributed by atoms with Gasteiger partial charge in [-0.2, -0.15) is 0 Å². The monoisotopic (exact) mass is 253 g/mol. The Bertz CT molecular complexity index is 484. The van der Waals surface area contributed by atoms with E-state index in [9.17, 15) is 0 Å². The Balaban J connectivity index is 2.35. The van der Waals surface area contributed by atoms with Crippen LogP contribution in [0.15, 0.2) is 28.8 Å². The normalized spacial score (nSPS) is 12.2. The van der Waals surface area contributed by atoms with Crippen molar-refractivity contribution in [1.82, 2.24) is 5.16 Å². The minimum atomic E-state index is 0.0270. The third-order valence-electron chi connectivity index (χ3n) is 2.17. The molecule has 4 heteroatoms. The van der Waals surface area contributed by atoms with Gasteiger partial charge in [0.15, 0.2) is 5.49 Å². The fraction of sp³-hybridized carbons (Fsp3) is 0.333. The van der Waals surface area contributed by atoms with Crippen LogP contribution in [0.5, 0.6) is 0 Å². The quantitative estimate of drug-likeness (QED) is 0.724. The van der Waals surface area contributed by atoms with Gasteiger partial charge in [0, 0.05) is 24.2 Å². The Kier molecular flexibility index (Phi) is 3.05. The Labute approximate surface area is 102 Å². The van der Waals surface area contributed by atoms with Crippen LogP contribution in [0, 0.1) is 0 Å². The van der Waals surface area contributed by atoms with Crippen molar-refractivity contribution in [3.8, 4) is 11.0 Å². The smallest absolute Gasteiger partial charge is 0.168 e. The molecule has 0 bridgehead atoms. The van der Waals surface area contributed by atoms with E-state index in [1.54, 1.807) is 0 Å². The van der Waals surface area contributed by atoms with Crippen molar-refractivity contribution in [3.63, 3.8) is 0 Å². The number of nitrogens with zero attached hydrogens (tertiary/aromatic N) is 1. The third-order valence-corrected chi connectivity index (χ3v) is 3.93. The number of hydrogen-bond acceptors (Lipinski definition) is 2. The van der Waals surface area contributed by atoms with Crippen LogP contribution in [0.2, 0.25) is 5.02 Å². The molecular formula is C12H13ClNOP. The minimum Gasteiger partial charge on any atom is -0.355 e. The SMILES string of the molecule is CC(C)(C)c1onc(-c2ccc(Cl)cc2)p1. The van der Waals surface area contributed by atoms with Gasteiger partial charge in [0.2, 0.25) is 0 Å². The zero-order valence-corrected chi connectivity index (χ0v) is 11.1. The lowest BCUT2D eigenvalue weighted by atomic mass is 9.99. The predicted molar refractivity (Wildman–Crippen MR) is 68.2 cm³/mol. The lowest BCUT2D eigenvalue weighted by Gasteiger charge is -2.11. The average molecular weight is 254 g/mol. The highest BCUT2D eigenvalue weighted by Crippen LogP contribution is 2.36. The standard InChI is InChI=1S/C12H13ClNOP/c1-12(2,3)11-15-14-10(16-11)8-4-6-9(13)7-5-8/h4-7H,1-3H3. The van der Waals surface area contributed by atoms with Gasteiger partial charge in [-0.3, -0.25) is 0 Å². The summed E-state index contributed by atoms with van der Waals surface area (Å²) in [6.07, 6.45) is 0. The van der Waals surface area contributed by atoms with E-state index in [-0.39, 0.29) is 5.41 Å². The van der Waals surface area contributed by atoms with Crippen molar-refractivity contribution in [2.75, 3.05) is 0 Å². The minimum absolute atomic E-state index is 0.0270. The first-order valence-corrected chi connectivity index (χ1v) is 6.34. The first-order valence-electron chi connectivity index (χ1n) is 5.07. The molecule has 0 aliphatic rings. The molecule has 0 unspecified atom stereocenters. The fourth-order valence-corrected chi connectivity index (χ4v) is 2.34. The van der Waals surface area contributed by atoms with Gasteiger partial charge in [-0.05, 0) is 12.1 Å². The summed E-state index contributed by atoms with van der Waals surface area (Å²) in [6, 6.07) is 7.65. The molecule has 0 saturated heterocycles. The molecule has 1 heterocycles. The number of benzene rings is 1. The fourth-order valence-electron chi connectivity index (χ4n) is 1.24. The maximum Gasteiger partial charge on any atom is 0.168 e. The molecule has 0 atom stereocenters. The summed E-state index contributed by atoms with van der Waals surface area (Å²) in [5, 5.41) is 4.84. The molecule has 84 valence electrons. The van der Waals surface area contributed by atoms with Gasteiger partial charge in [-0.15, -0.1) is 0 Å². The van der Waals surface area contributed by atoms with E-state index >= 15 is 0 Å². The van der Waals surface area contributed by atoms with E-state index in [2.05, 4.69) is 25.9 Å². The summed E-state index contributed by atoms with van der Waals surface area (Å²) in [7, 11) is 1.05. The van der Waals surface area contributed by atoms with Crippen LogP contribution in [0.4, 0.5) is 0 Å². The van der Waals surface area contributed by atoms with Crippen LogP contribution in [0.3, 0.4) is 0 Å². The Morgan fingerprint density at radius 2 is 1.81 bits per heavy atom. The number of hydrogen-bond donors (Lipinski definition) is 0. The molecule has 0 amide bonds. The summed E-state index contributed by atoms with van der Waals surface area (Å²) < 4.78 is 5.37. The van der Waals surface area contributed by atoms with Gasteiger partial charge in [0.25, 0.3) is 0 Å². The van der Waals surface area contributed by atoms with Gasteiger partial charge in [0.05, 0.1) is 0 Å². The summed E-state index contributed by atoms with van der Waals surface area (Å²) in [5.74, 6) is 0. The second kappa shape index (κ2) is 4.20. The molecule has 0 spiro atoms. The molecule has 1 aromatic carbocycles. The van der Waals surface area contributed by atoms with E-state index in [4.69, 9.17) is 16.1 Å². The van der Waals surface area contributed by atoms with Crippen LogP contribution in [-0.4, -0.2) is 5.16 Å². The van der Waals surface area contributed by atoms with Crippen LogP contribution in [0.25, 0.3) is 11.0 Å². The molecule has 2 aromatic rings. The molecule has 1 aromatic heterocycles. The average Bonchev–Trinajstić information content (AvgIpc) is 2.67. The summed E-state index contributed by atoms with van der Waals surface area (Å²) in [4.78, 5) is 0. The third kappa shape index (κ3) is 2.45. The van der Waals surface area contributed by atoms with Crippen molar-refractivity contribution in [1.29, 1.82) is 0 Å². The molecule has 0 saturated carbocycles. The Morgan fingerprint density at radius 1 is 1.19 bits per heavy atom. The second-order valence-electron chi connectivity index (χ2n) is 4.68. The first-order chi connectivity index (χ1) is 7.47. The Morgan fingerprint density at radius 3 is 2.31 bits per heavy atom. The molecule has 2 nitrogen and oxygen atoms in total. The van der Waals surface area contributed by atoms with Crippen molar-refractivity contribution in [2.24, 2.45) is 0 Å². The topological polar surface area (TPSA) is 26.0 Å². The Hall–Kier alpha value is -0.850.